The molecule has 0 aliphatic rings. The van der Waals surface area contributed by atoms with E-state index in [-0.39, 0.29) is 0 Å². The van der Waals surface area contributed by atoms with Gasteiger partial charge in [-0.15, -0.1) is 16.4 Å². The van der Waals surface area contributed by atoms with Gasteiger partial charge in [-0.25, -0.2) is 0 Å². The van der Waals surface area contributed by atoms with E-state index < -0.39 is 0 Å². The average Bonchev–Trinajstić information content (AvgIpc) is 2.79. The topological polar surface area (TPSA) is 38.9 Å². The smallest absolute Gasteiger partial charge is 0.210 e. The monoisotopic (exact) mass is 289 g/mol. The maximum absolute atomic E-state index is 5.46. The molecule has 20 heavy (non-hydrogen) atoms. The summed E-state index contributed by atoms with van der Waals surface area (Å²) in [6.45, 7) is 6.54. The van der Waals surface area contributed by atoms with Gasteiger partial charge in [-0.1, -0.05) is 0 Å². The standard InChI is InChI=1S/C15H19N3OS/c1-5-19-13-8-6-12(7-9-13)14-10-20-15(18(14)4)17-16-11(2)3/h6-10H,5H2,1-4H3. The molecule has 0 amide bonds. The molecule has 0 saturated heterocycles. The summed E-state index contributed by atoms with van der Waals surface area (Å²) in [6.07, 6.45) is 0. The Morgan fingerprint density at radius 1 is 1.25 bits per heavy atom. The molecule has 5 heteroatoms. The highest BCUT2D eigenvalue weighted by molar-refractivity contribution is 7.07. The minimum absolute atomic E-state index is 0.684. The van der Waals surface area contributed by atoms with Crippen LogP contribution in [0, 0.1) is 0 Å². The van der Waals surface area contributed by atoms with Crippen LogP contribution in [0.15, 0.2) is 39.8 Å². The molecular formula is C15H19N3OS. The number of ether oxygens (including phenoxy) is 1. The summed E-state index contributed by atoms with van der Waals surface area (Å²) < 4.78 is 7.51. The summed E-state index contributed by atoms with van der Waals surface area (Å²) in [6, 6.07) is 8.10. The second-order valence-electron chi connectivity index (χ2n) is 4.57. The number of benzene rings is 1. The molecule has 0 bridgehead atoms. The molecule has 0 aliphatic heterocycles. The lowest BCUT2D eigenvalue weighted by atomic mass is 10.1. The van der Waals surface area contributed by atoms with E-state index in [4.69, 9.17) is 4.74 Å². The van der Waals surface area contributed by atoms with Crippen LogP contribution in [-0.4, -0.2) is 16.9 Å². The quantitative estimate of drug-likeness (QED) is 0.627. The molecule has 106 valence electrons. The van der Waals surface area contributed by atoms with E-state index in [0.717, 1.165) is 27.5 Å². The predicted octanol–water partition coefficient (Wildman–Crippen LogP) is 3.45. The Morgan fingerprint density at radius 2 is 1.95 bits per heavy atom. The summed E-state index contributed by atoms with van der Waals surface area (Å²) >= 11 is 1.59. The minimum atomic E-state index is 0.684. The molecule has 0 radical (unpaired) electrons. The number of aromatic nitrogens is 1. The van der Waals surface area contributed by atoms with Gasteiger partial charge in [0, 0.05) is 18.1 Å². The minimum Gasteiger partial charge on any atom is -0.494 e. The molecule has 2 aromatic rings. The van der Waals surface area contributed by atoms with Gasteiger partial charge in [-0.05, 0) is 50.6 Å². The third-order valence-electron chi connectivity index (χ3n) is 2.72. The van der Waals surface area contributed by atoms with Crippen LogP contribution in [0.4, 0.5) is 0 Å². The second kappa shape index (κ2) is 6.52. The van der Waals surface area contributed by atoms with E-state index in [1.807, 2.05) is 44.5 Å². The lowest BCUT2D eigenvalue weighted by Gasteiger charge is -2.05. The SMILES string of the molecule is CCOc1ccc(-c2csc(=NN=C(C)C)n2C)cc1. The van der Waals surface area contributed by atoms with E-state index in [2.05, 4.69) is 27.7 Å². The van der Waals surface area contributed by atoms with Crippen molar-refractivity contribution in [3.63, 3.8) is 0 Å². The zero-order valence-electron chi connectivity index (χ0n) is 12.3. The molecule has 4 nitrogen and oxygen atoms in total. The second-order valence-corrected chi connectivity index (χ2v) is 5.40. The molecule has 1 aromatic carbocycles. The van der Waals surface area contributed by atoms with Crippen molar-refractivity contribution >= 4 is 17.0 Å². The number of thiazole rings is 1. The molecule has 0 fully saturated rings. The maximum Gasteiger partial charge on any atom is 0.210 e. The third kappa shape index (κ3) is 3.36. The average molecular weight is 289 g/mol. The van der Waals surface area contributed by atoms with Crippen molar-refractivity contribution in [2.45, 2.75) is 20.8 Å². The molecule has 1 aromatic heterocycles. The van der Waals surface area contributed by atoms with Crippen molar-refractivity contribution in [1.29, 1.82) is 0 Å². The van der Waals surface area contributed by atoms with E-state index in [1.165, 1.54) is 0 Å². The van der Waals surface area contributed by atoms with Crippen molar-refractivity contribution in [1.82, 2.24) is 4.57 Å². The summed E-state index contributed by atoms with van der Waals surface area (Å²) in [5.74, 6) is 0.894. The summed E-state index contributed by atoms with van der Waals surface area (Å²) in [5, 5.41) is 10.4. The van der Waals surface area contributed by atoms with Crippen molar-refractivity contribution in [3.8, 4) is 17.0 Å². The van der Waals surface area contributed by atoms with Gasteiger partial charge in [0.15, 0.2) is 0 Å². The first-order chi connectivity index (χ1) is 9.61. The molecule has 1 heterocycles. The maximum atomic E-state index is 5.46. The van der Waals surface area contributed by atoms with Crippen LogP contribution in [0.3, 0.4) is 0 Å². The highest BCUT2D eigenvalue weighted by atomic mass is 32.1. The van der Waals surface area contributed by atoms with Crippen LogP contribution in [0.25, 0.3) is 11.3 Å². The van der Waals surface area contributed by atoms with Crippen LogP contribution < -0.4 is 9.54 Å². The first-order valence-electron chi connectivity index (χ1n) is 6.54. The van der Waals surface area contributed by atoms with E-state index in [9.17, 15) is 0 Å². The van der Waals surface area contributed by atoms with Crippen LogP contribution in [0.2, 0.25) is 0 Å². The summed E-state index contributed by atoms with van der Waals surface area (Å²) in [4.78, 5) is 0.884. The van der Waals surface area contributed by atoms with Gasteiger partial charge in [-0.3, -0.25) is 0 Å². The van der Waals surface area contributed by atoms with Crippen molar-refractivity contribution in [2.24, 2.45) is 17.3 Å². The highest BCUT2D eigenvalue weighted by Crippen LogP contribution is 2.22. The Balaban J connectivity index is 2.34. The van der Waals surface area contributed by atoms with Crippen molar-refractivity contribution < 1.29 is 4.74 Å². The summed E-state index contributed by atoms with van der Waals surface area (Å²) in [5.41, 5.74) is 3.22. The fourth-order valence-corrected chi connectivity index (χ4v) is 2.61. The first-order valence-corrected chi connectivity index (χ1v) is 7.42. The van der Waals surface area contributed by atoms with Gasteiger partial charge in [0.2, 0.25) is 4.80 Å². The zero-order valence-corrected chi connectivity index (χ0v) is 13.1. The number of nitrogens with zero attached hydrogens (tertiary/aromatic N) is 3. The Kier molecular flexibility index (Phi) is 4.74. The van der Waals surface area contributed by atoms with Crippen LogP contribution in [0.1, 0.15) is 20.8 Å². The Hall–Kier alpha value is -1.88. The van der Waals surface area contributed by atoms with E-state index in [1.54, 1.807) is 11.3 Å². The third-order valence-corrected chi connectivity index (χ3v) is 3.63. The molecule has 0 unspecified atom stereocenters. The molecule has 0 atom stereocenters. The van der Waals surface area contributed by atoms with Crippen molar-refractivity contribution in [2.75, 3.05) is 6.61 Å². The van der Waals surface area contributed by atoms with Gasteiger partial charge < -0.3 is 9.30 Å². The molecule has 0 saturated carbocycles. The van der Waals surface area contributed by atoms with Gasteiger partial charge >= 0.3 is 0 Å². The van der Waals surface area contributed by atoms with Crippen LogP contribution in [-0.2, 0) is 7.05 Å². The highest BCUT2D eigenvalue weighted by Gasteiger charge is 2.04. The number of rotatable bonds is 4. The fraction of sp³-hybridized carbons (Fsp3) is 0.333. The zero-order chi connectivity index (χ0) is 14.5. The molecule has 0 N–H and O–H groups in total. The molecule has 2 rings (SSSR count). The normalized spacial score (nSPS) is 11.5. The molecule has 0 spiro atoms. The first kappa shape index (κ1) is 14.5. The Morgan fingerprint density at radius 3 is 2.55 bits per heavy atom. The van der Waals surface area contributed by atoms with Gasteiger partial charge in [-0.2, -0.15) is 5.10 Å². The predicted molar refractivity (Wildman–Crippen MR) is 84.2 cm³/mol. The van der Waals surface area contributed by atoms with Gasteiger partial charge in [0.1, 0.15) is 5.75 Å². The van der Waals surface area contributed by atoms with E-state index in [0.29, 0.717) is 6.61 Å². The number of hydrogen-bond donors (Lipinski definition) is 0. The lowest BCUT2D eigenvalue weighted by Crippen LogP contribution is -2.10. The molecule has 0 aliphatic carbocycles. The number of hydrogen-bond acceptors (Lipinski definition) is 4. The van der Waals surface area contributed by atoms with Gasteiger partial charge in [0.05, 0.1) is 12.3 Å². The Bertz CT molecular complexity index is 661. The Labute approximate surface area is 123 Å². The van der Waals surface area contributed by atoms with Gasteiger partial charge in [0.25, 0.3) is 0 Å². The lowest BCUT2D eigenvalue weighted by molar-refractivity contribution is 0.340. The summed E-state index contributed by atoms with van der Waals surface area (Å²) in [7, 11) is 2.00. The molecular weight excluding hydrogens is 270 g/mol. The van der Waals surface area contributed by atoms with Crippen LogP contribution in [0.5, 0.6) is 5.75 Å². The van der Waals surface area contributed by atoms with Crippen LogP contribution >= 0.6 is 11.3 Å². The largest absolute Gasteiger partial charge is 0.494 e. The fourth-order valence-electron chi connectivity index (χ4n) is 1.75. The van der Waals surface area contributed by atoms with Crippen molar-refractivity contribution in [3.05, 3.63) is 34.4 Å². The van der Waals surface area contributed by atoms with E-state index >= 15 is 0 Å².